The number of hydrogen-bond donors (Lipinski definition) is 2. The predicted molar refractivity (Wildman–Crippen MR) is 117 cm³/mol. The third-order valence-corrected chi connectivity index (χ3v) is 5.18. The number of aromatic nitrogens is 2. The molecule has 0 radical (unpaired) electrons. The highest BCUT2D eigenvalue weighted by molar-refractivity contribution is 6.30. The van der Waals surface area contributed by atoms with Crippen molar-refractivity contribution in [1.82, 2.24) is 9.55 Å². The zero-order chi connectivity index (χ0) is 21.3. The van der Waals surface area contributed by atoms with Gasteiger partial charge in [0.2, 0.25) is 0 Å². The molecule has 2 unspecified atom stereocenters. The van der Waals surface area contributed by atoms with E-state index in [-0.39, 0.29) is 12.5 Å². The number of rotatable bonds is 10. The molecule has 6 nitrogen and oxygen atoms in total. The van der Waals surface area contributed by atoms with Crippen molar-refractivity contribution in [3.8, 4) is 0 Å². The molecule has 3 aromatic rings. The maximum Gasteiger partial charge on any atom is 0.334 e. The molecule has 2 atom stereocenters. The number of carboxylic acid groups (broad SMARTS) is 1. The fourth-order valence-corrected chi connectivity index (χ4v) is 3.52. The molecule has 3 rings (SSSR count). The molecule has 1 aromatic heterocycles. The molecular weight excluding hydrogens is 402 g/mol. The quantitative estimate of drug-likeness (QED) is 0.466. The summed E-state index contributed by atoms with van der Waals surface area (Å²) in [5.74, 6) is 4.06. The van der Waals surface area contributed by atoms with E-state index in [1.54, 1.807) is 12.5 Å². The lowest BCUT2D eigenvalue weighted by molar-refractivity contribution is -0.151. The fraction of sp³-hybridized carbons (Fsp3) is 0.217. The van der Waals surface area contributed by atoms with Crippen LogP contribution < -0.4 is 5.90 Å². The van der Waals surface area contributed by atoms with E-state index in [2.05, 4.69) is 20.5 Å². The maximum atomic E-state index is 11.2. The largest absolute Gasteiger partial charge is 0.479 e. The van der Waals surface area contributed by atoms with Crippen molar-refractivity contribution in [1.29, 1.82) is 0 Å². The molecule has 0 aliphatic heterocycles. The third-order valence-electron chi connectivity index (χ3n) is 4.93. The first-order chi connectivity index (χ1) is 14.6. The molecule has 0 bridgehead atoms. The second kappa shape index (κ2) is 10.7. The molecule has 2 aromatic carbocycles. The van der Waals surface area contributed by atoms with Gasteiger partial charge in [0.05, 0.1) is 12.4 Å². The standard InChI is InChI=1S/C23H24ClN3O3/c24-19-11-9-17(10-12-19)15-21(27-14-13-26-16-27)20(18-5-2-1-3-6-18)7-4-8-22(30-25)23(28)29/h1-3,5-7,9-14,16,21-22H,4,8,15,25H2,(H,28,29). The van der Waals surface area contributed by atoms with E-state index in [9.17, 15) is 9.90 Å². The molecule has 1 heterocycles. The smallest absolute Gasteiger partial charge is 0.334 e. The number of nitrogens with zero attached hydrogens (tertiary/aromatic N) is 2. The number of benzene rings is 2. The Kier molecular flexibility index (Phi) is 7.79. The van der Waals surface area contributed by atoms with Crippen molar-refractivity contribution in [3.63, 3.8) is 0 Å². The van der Waals surface area contributed by atoms with Gasteiger partial charge in [-0.1, -0.05) is 60.1 Å². The van der Waals surface area contributed by atoms with Crippen LogP contribution in [-0.4, -0.2) is 26.7 Å². The summed E-state index contributed by atoms with van der Waals surface area (Å²) in [5.41, 5.74) is 3.27. The van der Waals surface area contributed by atoms with Gasteiger partial charge in [0, 0.05) is 17.4 Å². The van der Waals surface area contributed by atoms with Gasteiger partial charge in [0.1, 0.15) is 0 Å². The minimum atomic E-state index is -1.07. The van der Waals surface area contributed by atoms with E-state index < -0.39 is 12.1 Å². The van der Waals surface area contributed by atoms with Crippen LogP contribution in [0.15, 0.2) is 79.4 Å². The summed E-state index contributed by atoms with van der Waals surface area (Å²) in [6.45, 7) is 0. The molecular formula is C23H24ClN3O3. The Bertz CT molecular complexity index is 957. The first-order valence-corrected chi connectivity index (χ1v) is 10.0. The highest BCUT2D eigenvalue weighted by Gasteiger charge is 2.20. The topological polar surface area (TPSA) is 90.4 Å². The number of carbonyl (C=O) groups is 1. The zero-order valence-corrected chi connectivity index (χ0v) is 17.2. The Labute approximate surface area is 180 Å². The van der Waals surface area contributed by atoms with Crippen LogP contribution >= 0.6 is 11.6 Å². The third kappa shape index (κ3) is 5.79. The summed E-state index contributed by atoms with van der Waals surface area (Å²) < 4.78 is 2.06. The first-order valence-electron chi connectivity index (χ1n) is 9.64. The van der Waals surface area contributed by atoms with Gasteiger partial charge in [-0.05, 0) is 48.1 Å². The molecule has 156 valence electrons. The lowest BCUT2D eigenvalue weighted by Gasteiger charge is -2.23. The minimum absolute atomic E-state index is 0.0295. The SMILES string of the molecule is NOC(CCC=C(c1ccccc1)C(Cc1ccc(Cl)cc1)n1ccnc1)C(=O)O. The molecule has 0 amide bonds. The molecule has 0 aliphatic carbocycles. The van der Waals surface area contributed by atoms with Gasteiger partial charge in [0.15, 0.2) is 6.10 Å². The first kappa shape index (κ1) is 21.8. The van der Waals surface area contributed by atoms with E-state index >= 15 is 0 Å². The lowest BCUT2D eigenvalue weighted by atomic mass is 9.91. The van der Waals surface area contributed by atoms with Crippen molar-refractivity contribution in [2.75, 3.05) is 0 Å². The summed E-state index contributed by atoms with van der Waals surface area (Å²) >= 11 is 6.05. The Hall–Kier alpha value is -2.93. The van der Waals surface area contributed by atoms with Crippen molar-refractivity contribution in [2.24, 2.45) is 5.90 Å². The average molecular weight is 426 g/mol. The Morgan fingerprint density at radius 2 is 1.93 bits per heavy atom. The Morgan fingerprint density at radius 3 is 2.53 bits per heavy atom. The fourth-order valence-electron chi connectivity index (χ4n) is 3.39. The molecule has 7 heteroatoms. The van der Waals surface area contributed by atoms with Crippen molar-refractivity contribution in [3.05, 3.63) is 95.5 Å². The lowest BCUT2D eigenvalue weighted by Crippen LogP contribution is -2.26. The number of nitrogens with two attached hydrogens (primary N) is 1. The summed E-state index contributed by atoms with van der Waals surface area (Å²) in [5, 5.41) is 9.88. The second-order valence-electron chi connectivity index (χ2n) is 6.92. The number of aliphatic carboxylic acids is 1. The Morgan fingerprint density at radius 1 is 1.20 bits per heavy atom. The Balaban J connectivity index is 1.95. The van der Waals surface area contributed by atoms with Crippen LogP contribution in [-0.2, 0) is 16.1 Å². The molecule has 30 heavy (non-hydrogen) atoms. The van der Waals surface area contributed by atoms with E-state index in [1.165, 1.54) is 0 Å². The predicted octanol–water partition coefficient (Wildman–Crippen LogP) is 4.53. The zero-order valence-electron chi connectivity index (χ0n) is 16.4. The number of allylic oxidation sites excluding steroid dienone is 2. The molecule has 0 aliphatic rings. The van der Waals surface area contributed by atoms with Gasteiger partial charge >= 0.3 is 5.97 Å². The van der Waals surface area contributed by atoms with Crippen LogP contribution in [0.2, 0.25) is 5.02 Å². The highest BCUT2D eigenvalue weighted by Crippen LogP contribution is 2.32. The normalized spacial score (nSPS) is 13.7. The van der Waals surface area contributed by atoms with Crippen LogP contribution in [0.4, 0.5) is 0 Å². The molecule has 0 fully saturated rings. The number of halogens is 1. The monoisotopic (exact) mass is 425 g/mol. The van der Waals surface area contributed by atoms with Gasteiger partial charge < -0.3 is 9.67 Å². The van der Waals surface area contributed by atoms with Gasteiger partial charge in [-0.2, -0.15) is 0 Å². The second-order valence-corrected chi connectivity index (χ2v) is 7.36. The van der Waals surface area contributed by atoms with Crippen LogP contribution in [0, 0.1) is 0 Å². The van der Waals surface area contributed by atoms with Crippen LogP contribution in [0.5, 0.6) is 0 Å². The van der Waals surface area contributed by atoms with Crippen LogP contribution in [0.1, 0.15) is 30.0 Å². The van der Waals surface area contributed by atoms with Crippen molar-refractivity contribution < 1.29 is 14.7 Å². The minimum Gasteiger partial charge on any atom is -0.479 e. The number of carboxylic acids is 1. The van der Waals surface area contributed by atoms with Gasteiger partial charge in [0.25, 0.3) is 0 Å². The molecule has 3 N–H and O–H groups in total. The van der Waals surface area contributed by atoms with Gasteiger partial charge in [-0.25, -0.2) is 15.7 Å². The summed E-state index contributed by atoms with van der Waals surface area (Å²) in [6.07, 6.45) is 8.00. The summed E-state index contributed by atoms with van der Waals surface area (Å²) in [4.78, 5) is 20.0. The van der Waals surface area contributed by atoms with E-state index in [1.807, 2.05) is 60.8 Å². The van der Waals surface area contributed by atoms with E-state index in [4.69, 9.17) is 17.5 Å². The summed E-state index contributed by atoms with van der Waals surface area (Å²) in [6, 6.07) is 17.8. The summed E-state index contributed by atoms with van der Waals surface area (Å²) in [7, 11) is 0. The van der Waals surface area contributed by atoms with Crippen LogP contribution in [0.25, 0.3) is 5.57 Å². The number of imidazole rings is 1. The average Bonchev–Trinajstić information content (AvgIpc) is 3.29. The van der Waals surface area contributed by atoms with E-state index in [0.29, 0.717) is 11.4 Å². The van der Waals surface area contributed by atoms with Gasteiger partial charge in [-0.15, -0.1) is 0 Å². The van der Waals surface area contributed by atoms with Gasteiger partial charge in [-0.3, -0.25) is 4.84 Å². The van der Waals surface area contributed by atoms with Crippen molar-refractivity contribution in [2.45, 2.75) is 31.4 Å². The van der Waals surface area contributed by atoms with Crippen LogP contribution in [0.3, 0.4) is 0 Å². The molecule has 0 spiro atoms. The number of hydrogen-bond acceptors (Lipinski definition) is 4. The highest BCUT2D eigenvalue weighted by atomic mass is 35.5. The van der Waals surface area contributed by atoms with Crippen molar-refractivity contribution >= 4 is 23.1 Å². The van der Waals surface area contributed by atoms with E-state index in [0.717, 1.165) is 23.1 Å². The maximum absolute atomic E-state index is 11.2. The molecule has 0 saturated heterocycles. The molecule has 0 saturated carbocycles.